The Bertz CT molecular complexity index is 668. The summed E-state index contributed by atoms with van der Waals surface area (Å²) < 4.78 is 0. The number of hydrogen-bond donors (Lipinski definition) is 2. The molecule has 0 bridgehead atoms. The predicted octanol–water partition coefficient (Wildman–Crippen LogP) is 1.35. The van der Waals surface area contributed by atoms with Crippen molar-refractivity contribution in [2.24, 2.45) is 5.73 Å². The molecule has 0 aliphatic heterocycles. The molecule has 100 valence electrons. The van der Waals surface area contributed by atoms with Gasteiger partial charge < -0.3 is 11.1 Å². The highest BCUT2D eigenvalue weighted by atomic mass is 16.1. The lowest BCUT2D eigenvalue weighted by atomic mass is 10.2. The van der Waals surface area contributed by atoms with Crippen molar-refractivity contribution < 1.29 is 4.79 Å². The summed E-state index contributed by atoms with van der Waals surface area (Å²) in [5.41, 5.74) is 7.94. The first-order valence-corrected chi connectivity index (χ1v) is 6.07. The lowest BCUT2D eigenvalue weighted by molar-refractivity contribution is 0.102. The number of rotatable bonds is 2. The van der Waals surface area contributed by atoms with Crippen molar-refractivity contribution in [3.63, 3.8) is 0 Å². The van der Waals surface area contributed by atoms with Crippen LogP contribution in [0.1, 0.15) is 21.6 Å². The van der Waals surface area contributed by atoms with E-state index in [0.717, 1.165) is 5.69 Å². The Kier molecular flexibility index (Phi) is 4.43. The molecule has 2 aromatic rings. The van der Waals surface area contributed by atoms with Gasteiger partial charge in [-0.25, -0.2) is 0 Å². The maximum atomic E-state index is 12.1. The quantitative estimate of drug-likeness (QED) is 0.804. The summed E-state index contributed by atoms with van der Waals surface area (Å²) in [6, 6.07) is 5.30. The number of aryl methyl sites for hydroxylation is 1. The van der Waals surface area contributed by atoms with Gasteiger partial charge in [-0.05, 0) is 25.1 Å². The fraction of sp³-hybridized carbons (Fsp3) is 0.133. The van der Waals surface area contributed by atoms with E-state index in [-0.39, 0.29) is 12.5 Å². The minimum Gasteiger partial charge on any atom is -0.321 e. The fourth-order valence-corrected chi connectivity index (χ4v) is 1.53. The maximum absolute atomic E-state index is 12.1. The maximum Gasteiger partial charge on any atom is 0.257 e. The molecule has 20 heavy (non-hydrogen) atoms. The molecule has 0 saturated carbocycles. The number of aromatic nitrogens is 2. The Balaban J connectivity index is 2.14. The van der Waals surface area contributed by atoms with Crippen LogP contribution in [0, 0.1) is 18.8 Å². The Morgan fingerprint density at radius 1 is 1.35 bits per heavy atom. The summed E-state index contributed by atoms with van der Waals surface area (Å²) in [4.78, 5) is 20.2. The van der Waals surface area contributed by atoms with Crippen molar-refractivity contribution in [2.45, 2.75) is 6.92 Å². The van der Waals surface area contributed by atoms with E-state index >= 15 is 0 Å². The topological polar surface area (TPSA) is 80.9 Å². The van der Waals surface area contributed by atoms with E-state index in [1.807, 2.05) is 13.0 Å². The highest BCUT2D eigenvalue weighted by molar-refractivity contribution is 6.04. The SMILES string of the molecule is Cc1ccc(NC(=O)c2cncc(C#CCN)c2)cn1. The first kappa shape index (κ1) is 13.7. The van der Waals surface area contributed by atoms with Crippen LogP contribution in [0.4, 0.5) is 5.69 Å². The Morgan fingerprint density at radius 2 is 2.20 bits per heavy atom. The zero-order valence-corrected chi connectivity index (χ0v) is 11.1. The van der Waals surface area contributed by atoms with Crippen LogP contribution in [0.2, 0.25) is 0 Å². The summed E-state index contributed by atoms with van der Waals surface area (Å²) in [6.07, 6.45) is 4.69. The molecule has 0 spiro atoms. The van der Waals surface area contributed by atoms with E-state index in [4.69, 9.17) is 5.73 Å². The van der Waals surface area contributed by atoms with E-state index in [0.29, 0.717) is 16.8 Å². The number of carbonyl (C=O) groups is 1. The molecule has 0 atom stereocenters. The molecule has 0 radical (unpaired) electrons. The van der Waals surface area contributed by atoms with Crippen molar-refractivity contribution in [1.82, 2.24) is 9.97 Å². The van der Waals surface area contributed by atoms with Crippen molar-refractivity contribution in [1.29, 1.82) is 0 Å². The normalized spacial score (nSPS) is 9.50. The average molecular weight is 266 g/mol. The third kappa shape index (κ3) is 3.64. The number of pyridine rings is 2. The van der Waals surface area contributed by atoms with Crippen molar-refractivity contribution >= 4 is 11.6 Å². The molecular formula is C15H14N4O. The molecule has 3 N–H and O–H groups in total. The number of hydrogen-bond acceptors (Lipinski definition) is 4. The van der Waals surface area contributed by atoms with Gasteiger partial charge in [0.05, 0.1) is 24.0 Å². The Labute approximate surface area is 117 Å². The lowest BCUT2D eigenvalue weighted by Crippen LogP contribution is -2.12. The average Bonchev–Trinajstić information content (AvgIpc) is 2.48. The van der Waals surface area contributed by atoms with Gasteiger partial charge in [0.1, 0.15) is 0 Å². The highest BCUT2D eigenvalue weighted by Gasteiger charge is 2.07. The van der Waals surface area contributed by atoms with Crippen molar-refractivity contribution in [3.8, 4) is 11.8 Å². The van der Waals surface area contributed by atoms with Crippen LogP contribution in [0.3, 0.4) is 0 Å². The first-order chi connectivity index (χ1) is 9.69. The zero-order valence-electron chi connectivity index (χ0n) is 11.1. The molecular weight excluding hydrogens is 252 g/mol. The molecule has 2 aromatic heterocycles. The minimum absolute atomic E-state index is 0.250. The van der Waals surface area contributed by atoms with Gasteiger partial charge in [0.25, 0.3) is 5.91 Å². The third-order valence-electron chi connectivity index (χ3n) is 2.50. The Hall–Kier alpha value is -2.71. The standard InChI is InChI=1S/C15H14N4O/c1-11-4-5-14(10-18-11)19-15(20)13-7-12(3-2-6-16)8-17-9-13/h4-5,7-10H,6,16H2,1H3,(H,19,20). The molecule has 0 aliphatic carbocycles. The molecule has 0 aromatic carbocycles. The largest absolute Gasteiger partial charge is 0.321 e. The molecule has 0 unspecified atom stereocenters. The van der Waals surface area contributed by atoms with E-state index in [1.165, 1.54) is 6.20 Å². The van der Waals surface area contributed by atoms with Crippen LogP contribution in [-0.2, 0) is 0 Å². The highest BCUT2D eigenvalue weighted by Crippen LogP contribution is 2.09. The van der Waals surface area contributed by atoms with Crippen LogP contribution in [0.5, 0.6) is 0 Å². The van der Waals surface area contributed by atoms with E-state index < -0.39 is 0 Å². The molecule has 5 nitrogen and oxygen atoms in total. The van der Waals surface area contributed by atoms with Gasteiger partial charge >= 0.3 is 0 Å². The fourth-order valence-electron chi connectivity index (χ4n) is 1.53. The number of nitrogens with one attached hydrogen (secondary N) is 1. The van der Waals surface area contributed by atoms with Crippen LogP contribution < -0.4 is 11.1 Å². The number of amides is 1. The van der Waals surface area contributed by atoms with Gasteiger partial charge in [-0.15, -0.1) is 0 Å². The first-order valence-electron chi connectivity index (χ1n) is 6.07. The molecule has 0 saturated heterocycles. The second-order valence-corrected chi connectivity index (χ2v) is 4.11. The summed E-state index contributed by atoms with van der Waals surface area (Å²) in [7, 11) is 0. The second kappa shape index (κ2) is 6.45. The van der Waals surface area contributed by atoms with Gasteiger partial charge in [0.15, 0.2) is 0 Å². The zero-order chi connectivity index (χ0) is 14.4. The van der Waals surface area contributed by atoms with Crippen LogP contribution in [0.25, 0.3) is 0 Å². The van der Waals surface area contributed by atoms with Crippen LogP contribution in [-0.4, -0.2) is 22.4 Å². The predicted molar refractivity (Wildman–Crippen MR) is 77.1 cm³/mol. The van der Waals surface area contributed by atoms with Crippen LogP contribution >= 0.6 is 0 Å². The number of nitrogens with two attached hydrogens (primary N) is 1. The number of anilines is 1. The molecule has 2 rings (SSSR count). The molecule has 0 fully saturated rings. The second-order valence-electron chi connectivity index (χ2n) is 4.11. The summed E-state index contributed by atoms with van der Waals surface area (Å²) in [6.45, 7) is 2.15. The summed E-state index contributed by atoms with van der Waals surface area (Å²) >= 11 is 0. The summed E-state index contributed by atoms with van der Waals surface area (Å²) in [5, 5.41) is 2.75. The van der Waals surface area contributed by atoms with E-state index in [1.54, 1.807) is 24.5 Å². The third-order valence-corrected chi connectivity index (χ3v) is 2.50. The summed E-state index contributed by atoms with van der Waals surface area (Å²) in [5.74, 6) is 5.31. The van der Waals surface area contributed by atoms with Gasteiger partial charge in [0.2, 0.25) is 0 Å². The van der Waals surface area contributed by atoms with Gasteiger partial charge in [0, 0.05) is 23.7 Å². The minimum atomic E-state index is -0.250. The molecule has 1 amide bonds. The van der Waals surface area contributed by atoms with Crippen molar-refractivity contribution in [2.75, 3.05) is 11.9 Å². The lowest BCUT2D eigenvalue weighted by Gasteiger charge is -2.05. The Morgan fingerprint density at radius 3 is 2.90 bits per heavy atom. The molecule has 5 heteroatoms. The van der Waals surface area contributed by atoms with Crippen molar-refractivity contribution in [3.05, 3.63) is 53.6 Å². The van der Waals surface area contributed by atoms with Crippen LogP contribution in [0.15, 0.2) is 36.8 Å². The van der Waals surface area contributed by atoms with Gasteiger partial charge in [-0.1, -0.05) is 11.8 Å². The monoisotopic (exact) mass is 266 g/mol. The number of carbonyl (C=O) groups excluding carboxylic acids is 1. The van der Waals surface area contributed by atoms with E-state index in [9.17, 15) is 4.79 Å². The van der Waals surface area contributed by atoms with Gasteiger partial charge in [-0.2, -0.15) is 0 Å². The van der Waals surface area contributed by atoms with E-state index in [2.05, 4.69) is 27.1 Å². The van der Waals surface area contributed by atoms with Gasteiger partial charge in [-0.3, -0.25) is 14.8 Å². The smallest absolute Gasteiger partial charge is 0.257 e. The molecule has 2 heterocycles. The molecule has 0 aliphatic rings. The number of nitrogens with zero attached hydrogens (tertiary/aromatic N) is 2.